The molecular weight excluding hydrogens is 402 g/mol. The molecular formula is C20H26F2N2O4S. The summed E-state index contributed by atoms with van der Waals surface area (Å²) < 4.78 is 48.1. The number of benzene rings is 1. The predicted octanol–water partition coefficient (Wildman–Crippen LogP) is 2.98. The van der Waals surface area contributed by atoms with E-state index in [1.165, 1.54) is 18.6 Å². The number of carbonyl (C=O) groups is 2. The molecule has 0 unspecified atom stereocenters. The molecule has 1 aromatic rings. The Balaban J connectivity index is 1.51. The number of sulfone groups is 1. The van der Waals surface area contributed by atoms with E-state index < -0.39 is 20.5 Å². The van der Waals surface area contributed by atoms with Crippen LogP contribution in [0, 0.1) is 5.92 Å². The topological polar surface area (TPSA) is 83.6 Å². The normalized spacial score (nSPS) is 19.3. The monoisotopic (exact) mass is 428 g/mol. The summed E-state index contributed by atoms with van der Waals surface area (Å²) in [5.41, 5.74) is 0.207. The van der Waals surface area contributed by atoms with Crippen molar-refractivity contribution in [2.45, 2.75) is 61.6 Å². The number of piperidine rings is 1. The molecule has 0 bridgehead atoms. The first-order valence-corrected chi connectivity index (χ1v) is 11.6. The van der Waals surface area contributed by atoms with Gasteiger partial charge in [-0.1, -0.05) is 19.3 Å². The Kier molecular flexibility index (Phi) is 6.87. The lowest BCUT2D eigenvalue weighted by Gasteiger charge is -2.35. The first-order valence-electron chi connectivity index (χ1n) is 10.0. The molecule has 1 aliphatic heterocycles. The van der Waals surface area contributed by atoms with E-state index in [1.807, 2.05) is 4.90 Å². The molecule has 6 nitrogen and oxygen atoms in total. The summed E-state index contributed by atoms with van der Waals surface area (Å²) in [6.07, 6.45) is 6.66. The largest absolute Gasteiger partial charge is 0.349 e. The number of hydrogen-bond acceptors (Lipinski definition) is 4. The van der Waals surface area contributed by atoms with Crippen molar-refractivity contribution in [3.63, 3.8) is 0 Å². The van der Waals surface area contributed by atoms with Gasteiger partial charge in [-0.25, -0.2) is 8.42 Å². The number of alkyl halides is 2. The second kappa shape index (κ2) is 9.19. The predicted molar refractivity (Wildman–Crippen MR) is 103 cm³/mol. The van der Waals surface area contributed by atoms with E-state index in [-0.39, 0.29) is 29.3 Å². The minimum atomic E-state index is -4.67. The maximum atomic E-state index is 12.6. The Morgan fingerprint density at radius 3 is 2.10 bits per heavy atom. The maximum absolute atomic E-state index is 12.6. The standard InChI is InChI=1S/C20H26F2N2O4S/c21-20(22)29(27,28)17-8-6-14(7-9-17)18(25)23-16-10-12-24(13-11-16)19(26)15-4-2-1-3-5-15/h6-9,15-16,20H,1-5,10-13H2,(H,23,25). The van der Waals surface area contributed by atoms with Gasteiger partial charge in [0.05, 0.1) is 4.90 Å². The van der Waals surface area contributed by atoms with E-state index in [1.54, 1.807) is 0 Å². The van der Waals surface area contributed by atoms with E-state index in [9.17, 15) is 26.8 Å². The van der Waals surface area contributed by atoms with Gasteiger partial charge >= 0.3 is 5.76 Å². The number of nitrogens with one attached hydrogen (secondary N) is 1. The zero-order valence-electron chi connectivity index (χ0n) is 16.1. The van der Waals surface area contributed by atoms with E-state index in [0.717, 1.165) is 37.8 Å². The number of amides is 2. The Morgan fingerprint density at radius 1 is 0.966 bits per heavy atom. The molecule has 2 amide bonds. The van der Waals surface area contributed by atoms with E-state index in [0.29, 0.717) is 25.9 Å². The van der Waals surface area contributed by atoms with Gasteiger partial charge in [-0.2, -0.15) is 8.78 Å². The van der Waals surface area contributed by atoms with Gasteiger partial charge in [0.15, 0.2) is 0 Å². The van der Waals surface area contributed by atoms with Crippen LogP contribution in [0.15, 0.2) is 29.2 Å². The molecule has 1 saturated carbocycles. The lowest BCUT2D eigenvalue weighted by molar-refractivity contribution is -0.137. The second-order valence-electron chi connectivity index (χ2n) is 7.74. The van der Waals surface area contributed by atoms with Crippen LogP contribution in [0.1, 0.15) is 55.3 Å². The first kappa shape index (κ1) is 21.7. The molecule has 1 aliphatic carbocycles. The van der Waals surface area contributed by atoms with Gasteiger partial charge in [-0.15, -0.1) is 0 Å². The van der Waals surface area contributed by atoms with Crippen LogP contribution >= 0.6 is 0 Å². The van der Waals surface area contributed by atoms with Gasteiger partial charge in [-0.05, 0) is 49.9 Å². The summed E-state index contributed by atoms with van der Waals surface area (Å²) >= 11 is 0. The van der Waals surface area contributed by atoms with Crippen molar-refractivity contribution in [2.75, 3.05) is 13.1 Å². The Morgan fingerprint density at radius 2 is 1.55 bits per heavy atom. The second-order valence-corrected chi connectivity index (χ2v) is 9.66. The molecule has 29 heavy (non-hydrogen) atoms. The van der Waals surface area contributed by atoms with E-state index in [2.05, 4.69) is 5.32 Å². The molecule has 0 aromatic heterocycles. The lowest BCUT2D eigenvalue weighted by atomic mass is 9.87. The number of nitrogens with zero attached hydrogens (tertiary/aromatic N) is 1. The van der Waals surface area contributed by atoms with Crippen LogP contribution in [0.4, 0.5) is 8.78 Å². The highest BCUT2D eigenvalue weighted by Gasteiger charge is 2.30. The molecule has 1 aromatic carbocycles. The van der Waals surface area contributed by atoms with Crippen molar-refractivity contribution in [1.82, 2.24) is 10.2 Å². The van der Waals surface area contributed by atoms with E-state index in [4.69, 9.17) is 0 Å². The molecule has 9 heteroatoms. The van der Waals surface area contributed by atoms with Gasteiger partial charge in [-0.3, -0.25) is 9.59 Å². The Bertz CT molecular complexity index is 829. The third-order valence-electron chi connectivity index (χ3n) is 5.78. The number of likely N-dealkylation sites (tertiary alicyclic amines) is 1. The highest BCUT2D eigenvalue weighted by Crippen LogP contribution is 2.26. The van der Waals surface area contributed by atoms with E-state index >= 15 is 0 Å². The average Bonchev–Trinajstić information content (AvgIpc) is 2.74. The van der Waals surface area contributed by atoms with Crippen molar-refractivity contribution in [2.24, 2.45) is 5.92 Å². The summed E-state index contributed by atoms with van der Waals surface area (Å²) in [6, 6.07) is 4.41. The van der Waals surface area contributed by atoms with Crippen molar-refractivity contribution in [1.29, 1.82) is 0 Å². The van der Waals surface area contributed by atoms with Crippen molar-refractivity contribution in [3.05, 3.63) is 29.8 Å². The molecule has 2 fully saturated rings. The van der Waals surface area contributed by atoms with Gasteiger partial charge in [0.1, 0.15) is 0 Å². The van der Waals surface area contributed by atoms with Crippen molar-refractivity contribution >= 4 is 21.7 Å². The molecule has 0 spiro atoms. The highest BCUT2D eigenvalue weighted by atomic mass is 32.2. The quantitative estimate of drug-likeness (QED) is 0.782. The van der Waals surface area contributed by atoms with Gasteiger partial charge in [0.2, 0.25) is 15.7 Å². The van der Waals surface area contributed by atoms with Crippen LogP contribution in [0.3, 0.4) is 0 Å². The third-order valence-corrected chi connectivity index (χ3v) is 7.17. The van der Waals surface area contributed by atoms with Crippen LogP contribution in [-0.4, -0.2) is 50.0 Å². The number of hydrogen-bond donors (Lipinski definition) is 1. The zero-order valence-corrected chi connectivity index (χ0v) is 17.0. The lowest BCUT2D eigenvalue weighted by Crippen LogP contribution is -2.48. The summed E-state index contributed by atoms with van der Waals surface area (Å²) in [5, 5.41) is 2.88. The minimum Gasteiger partial charge on any atom is -0.349 e. The first-order chi connectivity index (χ1) is 13.8. The Labute approximate surface area is 169 Å². The fraction of sp³-hybridized carbons (Fsp3) is 0.600. The average molecular weight is 429 g/mol. The summed E-state index contributed by atoms with van der Waals surface area (Å²) in [7, 11) is -4.67. The van der Waals surface area contributed by atoms with Gasteiger partial charge in [0, 0.05) is 30.6 Å². The van der Waals surface area contributed by atoms with Crippen LogP contribution in [0.25, 0.3) is 0 Å². The number of halogens is 2. The molecule has 1 heterocycles. The molecule has 1 N–H and O–H groups in total. The molecule has 2 aliphatic rings. The van der Waals surface area contributed by atoms with Crippen LogP contribution in [0.5, 0.6) is 0 Å². The van der Waals surface area contributed by atoms with Crippen molar-refractivity contribution < 1.29 is 26.8 Å². The van der Waals surface area contributed by atoms with Crippen LogP contribution in [0.2, 0.25) is 0 Å². The fourth-order valence-corrected chi connectivity index (χ4v) is 4.74. The summed E-state index contributed by atoms with van der Waals surface area (Å²) in [5.74, 6) is -3.52. The fourth-order valence-electron chi connectivity index (χ4n) is 4.02. The summed E-state index contributed by atoms with van der Waals surface area (Å²) in [6.45, 7) is 1.21. The van der Waals surface area contributed by atoms with Crippen LogP contribution < -0.4 is 5.32 Å². The molecule has 160 valence electrons. The Hall–Kier alpha value is -2.03. The van der Waals surface area contributed by atoms with Gasteiger partial charge in [0.25, 0.3) is 5.91 Å². The minimum absolute atomic E-state index is 0.0811. The number of carbonyl (C=O) groups excluding carboxylic acids is 2. The molecule has 0 atom stereocenters. The van der Waals surface area contributed by atoms with Gasteiger partial charge < -0.3 is 10.2 Å². The smallest absolute Gasteiger partial charge is 0.341 e. The zero-order chi connectivity index (χ0) is 21.0. The van der Waals surface area contributed by atoms with Crippen LogP contribution in [-0.2, 0) is 14.6 Å². The maximum Gasteiger partial charge on any atom is 0.341 e. The molecule has 0 radical (unpaired) electrons. The SMILES string of the molecule is O=C(NC1CCN(C(=O)C2CCCCC2)CC1)c1ccc(S(=O)(=O)C(F)F)cc1. The summed E-state index contributed by atoms with van der Waals surface area (Å²) in [4.78, 5) is 26.4. The molecule has 1 saturated heterocycles. The third kappa shape index (κ3) is 5.12. The van der Waals surface area contributed by atoms with Crippen molar-refractivity contribution in [3.8, 4) is 0 Å². The molecule has 3 rings (SSSR count). The highest BCUT2D eigenvalue weighted by molar-refractivity contribution is 7.91. The number of rotatable bonds is 5.